The second-order valence-electron chi connectivity index (χ2n) is 9.76. The number of amides is 2. The van der Waals surface area contributed by atoms with E-state index < -0.39 is 11.9 Å². The van der Waals surface area contributed by atoms with Gasteiger partial charge in [-0.2, -0.15) is 0 Å². The quantitative estimate of drug-likeness (QED) is 0.389. The molecule has 2 amide bonds. The molecule has 1 unspecified atom stereocenters. The van der Waals surface area contributed by atoms with Crippen LogP contribution in [-0.4, -0.2) is 51.3 Å². The zero-order valence-corrected chi connectivity index (χ0v) is 21.1. The minimum absolute atomic E-state index is 0.0840. The summed E-state index contributed by atoms with van der Waals surface area (Å²) in [6, 6.07) is 3.01. The summed E-state index contributed by atoms with van der Waals surface area (Å²) in [5, 5.41) is 5.91. The van der Waals surface area contributed by atoms with Gasteiger partial charge in [0.05, 0.1) is 20.0 Å². The number of methoxy groups -OCH3 is 1. The smallest absolute Gasteiger partial charge is 0.270 e. The lowest BCUT2D eigenvalue weighted by Crippen LogP contribution is -2.51. The van der Waals surface area contributed by atoms with E-state index in [1.807, 2.05) is 30.5 Å². The van der Waals surface area contributed by atoms with Crippen LogP contribution >= 0.6 is 0 Å². The van der Waals surface area contributed by atoms with Gasteiger partial charge in [0.25, 0.3) is 5.91 Å². The van der Waals surface area contributed by atoms with E-state index in [4.69, 9.17) is 10.5 Å². The Bertz CT molecular complexity index is 1120. The first kappa shape index (κ1) is 25.4. The molecular formula is C26H35N7O3. The summed E-state index contributed by atoms with van der Waals surface area (Å²) >= 11 is 0. The van der Waals surface area contributed by atoms with Crippen LogP contribution in [0.2, 0.25) is 0 Å². The second kappa shape index (κ2) is 11.4. The van der Waals surface area contributed by atoms with Gasteiger partial charge in [-0.05, 0) is 75.6 Å². The summed E-state index contributed by atoms with van der Waals surface area (Å²) in [6.45, 7) is 4.26. The second-order valence-corrected chi connectivity index (χ2v) is 9.76. The van der Waals surface area contributed by atoms with E-state index in [9.17, 15) is 9.59 Å². The number of carbonyl (C=O) groups is 2. The van der Waals surface area contributed by atoms with Crippen molar-refractivity contribution in [2.75, 3.05) is 12.4 Å². The number of aliphatic imine (C=N–C) groups is 1. The minimum atomic E-state index is -0.676. The fraction of sp³-hybridized carbons (Fsp3) is 0.500. The molecule has 2 aliphatic rings. The van der Waals surface area contributed by atoms with Crippen LogP contribution < -0.4 is 21.1 Å². The first-order chi connectivity index (χ1) is 17.4. The van der Waals surface area contributed by atoms with Crippen LogP contribution in [0, 0.1) is 17.8 Å². The van der Waals surface area contributed by atoms with Gasteiger partial charge in [-0.1, -0.05) is 6.07 Å². The van der Waals surface area contributed by atoms with Crippen molar-refractivity contribution >= 4 is 23.3 Å². The molecule has 2 aliphatic carbocycles. The van der Waals surface area contributed by atoms with Gasteiger partial charge in [0.1, 0.15) is 11.8 Å². The minimum Gasteiger partial charge on any atom is -0.481 e. The maximum absolute atomic E-state index is 13.5. The van der Waals surface area contributed by atoms with Crippen molar-refractivity contribution in [3.63, 3.8) is 0 Å². The number of rotatable bonds is 12. The number of imidazole rings is 1. The summed E-state index contributed by atoms with van der Waals surface area (Å²) in [4.78, 5) is 39.6. The molecule has 10 nitrogen and oxygen atoms in total. The number of hydrogen-bond acceptors (Lipinski definition) is 7. The van der Waals surface area contributed by atoms with Gasteiger partial charge in [-0.3, -0.25) is 14.6 Å². The van der Waals surface area contributed by atoms with Gasteiger partial charge in [-0.25, -0.2) is 9.97 Å². The molecule has 1 atom stereocenters. The maximum atomic E-state index is 13.5. The predicted molar refractivity (Wildman–Crippen MR) is 138 cm³/mol. The standard InChI is InChI=1S/C26H35N7O3/c1-16(2)30-20(10-11-27)24(34)32-23(22(17-6-7-17)18-8-9-18)25(35)31-21-14-33(15-29-21)13-19-5-4-12-28-26(19)36-3/h4-5,10-12,14-18,22-23H,6-9,13,27H2,1-3H3,(H,31,35)(H,32,34)/b11-10-,30-20?. The van der Waals surface area contributed by atoms with E-state index >= 15 is 0 Å². The lowest BCUT2D eigenvalue weighted by Gasteiger charge is -2.27. The molecule has 2 aromatic heterocycles. The maximum Gasteiger partial charge on any atom is 0.270 e. The molecule has 192 valence electrons. The number of carbonyl (C=O) groups excluding carboxylic acids is 2. The van der Waals surface area contributed by atoms with Gasteiger partial charge in [0, 0.05) is 24.0 Å². The fourth-order valence-electron chi connectivity index (χ4n) is 4.63. The van der Waals surface area contributed by atoms with Crippen LogP contribution in [0.25, 0.3) is 0 Å². The number of nitrogens with two attached hydrogens (primary N) is 1. The van der Waals surface area contributed by atoms with Crippen LogP contribution in [0.5, 0.6) is 5.88 Å². The molecule has 36 heavy (non-hydrogen) atoms. The molecule has 0 saturated heterocycles. The molecule has 4 N–H and O–H groups in total. The van der Waals surface area contributed by atoms with E-state index in [-0.39, 0.29) is 23.6 Å². The Labute approximate surface area is 211 Å². The molecule has 2 fully saturated rings. The van der Waals surface area contributed by atoms with Gasteiger partial charge in [0.15, 0.2) is 5.82 Å². The molecule has 2 aromatic rings. The van der Waals surface area contributed by atoms with Crippen molar-refractivity contribution in [1.29, 1.82) is 0 Å². The fourth-order valence-corrected chi connectivity index (χ4v) is 4.63. The number of hydrogen-bond donors (Lipinski definition) is 3. The van der Waals surface area contributed by atoms with E-state index in [1.54, 1.807) is 25.8 Å². The van der Waals surface area contributed by atoms with Crippen LogP contribution in [0.4, 0.5) is 5.82 Å². The molecule has 0 spiro atoms. The molecule has 0 bridgehead atoms. The molecule has 0 radical (unpaired) electrons. The zero-order chi connectivity index (χ0) is 25.7. The molecule has 0 aliphatic heterocycles. The number of nitrogens with one attached hydrogen (secondary N) is 2. The van der Waals surface area contributed by atoms with Crippen molar-refractivity contribution in [3.8, 4) is 5.88 Å². The summed E-state index contributed by atoms with van der Waals surface area (Å²) < 4.78 is 7.17. The highest BCUT2D eigenvalue weighted by Gasteiger charge is 2.48. The monoisotopic (exact) mass is 493 g/mol. The summed E-state index contributed by atoms with van der Waals surface area (Å²) in [7, 11) is 1.58. The molecular weight excluding hydrogens is 458 g/mol. The van der Waals surface area contributed by atoms with Crippen molar-refractivity contribution in [1.82, 2.24) is 19.9 Å². The first-order valence-corrected chi connectivity index (χ1v) is 12.5. The highest BCUT2D eigenvalue weighted by molar-refractivity contribution is 6.43. The van der Waals surface area contributed by atoms with Crippen LogP contribution in [0.15, 0.2) is 48.1 Å². The van der Waals surface area contributed by atoms with Crippen LogP contribution in [0.1, 0.15) is 45.1 Å². The highest BCUT2D eigenvalue weighted by Crippen LogP contribution is 2.50. The third-order valence-corrected chi connectivity index (χ3v) is 6.45. The highest BCUT2D eigenvalue weighted by atomic mass is 16.5. The SMILES string of the molecule is COc1ncccc1Cn1cnc(NC(=O)C(NC(=O)C(/C=C\N)=NC(C)C)C(C2CC2)C2CC2)c1. The Morgan fingerprint density at radius 1 is 1.25 bits per heavy atom. The van der Waals surface area contributed by atoms with Crippen molar-refractivity contribution < 1.29 is 14.3 Å². The zero-order valence-electron chi connectivity index (χ0n) is 21.1. The van der Waals surface area contributed by atoms with Crippen molar-refractivity contribution in [2.24, 2.45) is 28.5 Å². The van der Waals surface area contributed by atoms with Crippen molar-refractivity contribution in [3.05, 3.63) is 48.7 Å². The number of pyridine rings is 1. The van der Waals surface area contributed by atoms with Gasteiger partial charge in [0.2, 0.25) is 11.8 Å². The largest absolute Gasteiger partial charge is 0.481 e. The third kappa shape index (κ3) is 6.50. The molecule has 0 aromatic carbocycles. The van der Waals surface area contributed by atoms with Crippen LogP contribution in [-0.2, 0) is 16.1 Å². The van der Waals surface area contributed by atoms with Crippen LogP contribution in [0.3, 0.4) is 0 Å². The number of anilines is 1. The number of aromatic nitrogens is 3. The lowest BCUT2D eigenvalue weighted by molar-refractivity contribution is -0.124. The molecule has 10 heteroatoms. The summed E-state index contributed by atoms with van der Waals surface area (Å²) in [6.07, 6.45) is 12.2. The van der Waals surface area contributed by atoms with E-state index in [0.717, 1.165) is 31.2 Å². The Morgan fingerprint density at radius 3 is 2.58 bits per heavy atom. The predicted octanol–water partition coefficient (Wildman–Crippen LogP) is 2.52. The summed E-state index contributed by atoms with van der Waals surface area (Å²) in [5.74, 6) is 1.28. The first-order valence-electron chi connectivity index (χ1n) is 12.5. The summed E-state index contributed by atoms with van der Waals surface area (Å²) in [5.41, 5.74) is 6.65. The third-order valence-electron chi connectivity index (χ3n) is 6.45. The molecule has 2 saturated carbocycles. The Balaban J connectivity index is 1.50. The van der Waals surface area contributed by atoms with Gasteiger partial charge >= 0.3 is 0 Å². The average Bonchev–Trinajstić information content (AvgIpc) is 3.79. The molecule has 2 heterocycles. The van der Waals surface area contributed by atoms with Gasteiger partial charge < -0.3 is 25.7 Å². The number of nitrogens with zero attached hydrogens (tertiary/aromatic N) is 4. The lowest BCUT2D eigenvalue weighted by atomic mass is 9.88. The normalized spacial score (nSPS) is 17.0. The Morgan fingerprint density at radius 2 is 1.97 bits per heavy atom. The Kier molecular flexibility index (Phi) is 8.02. The molecule has 4 rings (SSSR count). The number of ether oxygens (including phenoxy) is 1. The van der Waals surface area contributed by atoms with E-state index in [0.29, 0.717) is 30.1 Å². The van der Waals surface area contributed by atoms with Crippen molar-refractivity contribution in [2.45, 2.75) is 58.2 Å². The average molecular weight is 494 g/mol. The van der Waals surface area contributed by atoms with Gasteiger partial charge in [-0.15, -0.1) is 0 Å². The topological polar surface area (TPSA) is 137 Å². The Hall–Kier alpha value is -3.69. The van der Waals surface area contributed by atoms with E-state index in [1.165, 1.54) is 12.3 Å². The van der Waals surface area contributed by atoms with E-state index in [2.05, 4.69) is 25.6 Å².